The number of para-hydroxylation sites is 1. The highest BCUT2D eigenvalue weighted by Gasteiger charge is 2.22. The molecule has 4 rings (SSSR count). The molecule has 2 aliphatic heterocycles. The van der Waals surface area contributed by atoms with Crippen LogP contribution in [0, 0.1) is 0 Å². The Labute approximate surface area is 162 Å². The number of carbonyl (C=O) groups excluding carboxylic acids is 1. The second-order valence-electron chi connectivity index (χ2n) is 7.67. The number of aryl methyl sites for hydroxylation is 1. The molecule has 0 spiro atoms. The summed E-state index contributed by atoms with van der Waals surface area (Å²) in [6.45, 7) is 5.70. The lowest BCUT2D eigenvalue weighted by Gasteiger charge is -2.36. The van der Waals surface area contributed by atoms with E-state index in [-0.39, 0.29) is 11.9 Å². The first kappa shape index (κ1) is 18.1. The van der Waals surface area contributed by atoms with Gasteiger partial charge in [0, 0.05) is 38.3 Å². The Morgan fingerprint density at radius 2 is 1.67 bits per heavy atom. The van der Waals surface area contributed by atoms with E-state index in [0.717, 1.165) is 39.0 Å². The first-order valence-electron chi connectivity index (χ1n) is 10.2. The molecule has 0 aliphatic carbocycles. The van der Waals surface area contributed by atoms with Gasteiger partial charge in [-0.05, 0) is 49.1 Å². The maximum absolute atomic E-state index is 11.4. The Hall–Kier alpha value is -2.33. The van der Waals surface area contributed by atoms with Gasteiger partial charge in [-0.1, -0.05) is 42.5 Å². The van der Waals surface area contributed by atoms with Crippen molar-refractivity contribution in [2.75, 3.05) is 37.6 Å². The molecule has 2 aromatic carbocycles. The summed E-state index contributed by atoms with van der Waals surface area (Å²) < 4.78 is 0. The Balaban J connectivity index is 1.19. The van der Waals surface area contributed by atoms with Crippen molar-refractivity contribution in [3.05, 3.63) is 65.7 Å². The maximum atomic E-state index is 11.4. The third kappa shape index (κ3) is 4.69. The van der Waals surface area contributed by atoms with E-state index in [1.807, 2.05) is 0 Å². The van der Waals surface area contributed by atoms with Gasteiger partial charge in [-0.2, -0.15) is 0 Å². The standard InChI is InChI=1S/C23H29N3O/c27-23-13-12-22(24-23)20-10-8-19(9-11-20)5-4-14-25-15-17-26(18-16-25)21-6-2-1-3-7-21/h1-3,6-11,22H,4-5,12-18H2,(H,24,27). The van der Waals surface area contributed by atoms with Gasteiger partial charge in [-0.15, -0.1) is 0 Å². The molecular formula is C23H29N3O. The van der Waals surface area contributed by atoms with E-state index in [0.29, 0.717) is 6.42 Å². The van der Waals surface area contributed by atoms with Crippen molar-refractivity contribution in [1.29, 1.82) is 0 Å². The van der Waals surface area contributed by atoms with Gasteiger partial charge in [0.05, 0.1) is 6.04 Å². The average molecular weight is 364 g/mol. The first-order chi connectivity index (χ1) is 13.3. The predicted molar refractivity (Wildman–Crippen MR) is 110 cm³/mol. The molecule has 27 heavy (non-hydrogen) atoms. The van der Waals surface area contributed by atoms with Crippen LogP contribution in [-0.2, 0) is 11.2 Å². The molecule has 1 unspecified atom stereocenters. The molecule has 0 bridgehead atoms. The second kappa shape index (κ2) is 8.57. The van der Waals surface area contributed by atoms with Gasteiger partial charge in [0.25, 0.3) is 0 Å². The van der Waals surface area contributed by atoms with Crippen LogP contribution in [0.4, 0.5) is 5.69 Å². The zero-order chi connectivity index (χ0) is 18.5. The first-order valence-corrected chi connectivity index (χ1v) is 10.2. The van der Waals surface area contributed by atoms with Crippen molar-refractivity contribution in [2.24, 2.45) is 0 Å². The summed E-state index contributed by atoms with van der Waals surface area (Å²) in [7, 11) is 0. The number of piperazine rings is 1. The molecular weight excluding hydrogens is 334 g/mol. The largest absolute Gasteiger partial charge is 0.369 e. The van der Waals surface area contributed by atoms with E-state index in [9.17, 15) is 4.79 Å². The predicted octanol–water partition coefficient (Wildman–Crippen LogP) is 3.39. The van der Waals surface area contributed by atoms with Crippen LogP contribution >= 0.6 is 0 Å². The van der Waals surface area contributed by atoms with Gasteiger partial charge in [-0.3, -0.25) is 9.69 Å². The highest BCUT2D eigenvalue weighted by molar-refractivity contribution is 5.78. The van der Waals surface area contributed by atoms with Crippen molar-refractivity contribution in [1.82, 2.24) is 10.2 Å². The highest BCUT2D eigenvalue weighted by atomic mass is 16.1. The van der Waals surface area contributed by atoms with Crippen molar-refractivity contribution >= 4 is 11.6 Å². The number of benzene rings is 2. The van der Waals surface area contributed by atoms with Crippen molar-refractivity contribution < 1.29 is 4.79 Å². The van der Waals surface area contributed by atoms with Crippen LogP contribution in [-0.4, -0.2) is 43.5 Å². The Kier molecular flexibility index (Phi) is 5.73. The SMILES string of the molecule is O=C1CCC(c2ccc(CCCN3CCN(c4ccccc4)CC3)cc2)N1. The van der Waals surface area contributed by atoms with Crippen LogP contribution in [0.3, 0.4) is 0 Å². The molecule has 4 nitrogen and oxygen atoms in total. The van der Waals surface area contributed by atoms with E-state index in [1.54, 1.807) is 0 Å². The van der Waals surface area contributed by atoms with Crippen LogP contribution in [0.15, 0.2) is 54.6 Å². The monoisotopic (exact) mass is 363 g/mol. The van der Waals surface area contributed by atoms with Gasteiger partial charge in [0.2, 0.25) is 5.91 Å². The summed E-state index contributed by atoms with van der Waals surface area (Å²) in [6, 6.07) is 19.8. The molecule has 1 atom stereocenters. The van der Waals surface area contributed by atoms with Gasteiger partial charge in [0.1, 0.15) is 0 Å². The lowest BCUT2D eigenvalue weighted by molar-refractivity contribution is -0.119. The highest BCUT2D eigenvalue weighted by Crippen LogP contribution is 2.24. The summed E-state index contributed by atoms with van der Waals surface area (Å²) >= 11 is 0. The van der Waals surface area contributed by atoms with E-state index in [4.69, 9.17) is 0 Å². The lowest BCUT2D eigenvalue weighted by atomic mass is 10.0. The molecule has 2 fully saturated rings. The fraction of sp³-hybridized carbons (Fsp3) is 0.435. The van der Waals surface area contributed by atoms with Crippen LogP contribution in [0.25, 0.3) is 0 Å². The quantitative estimate of drug-likeness (QED) is 0.854. The number of carbonyl (C=O) groups is 1. The molecule has 1 amide bonds. The number of rotatable bonds is 6. The molecule has 0 saturated carbocycles. The average Bonchev–Trinajstić information content (AvgIpc) is 3.16. The molecule has 4 heteroatoms. The summed E-state index contributed by atoms with van der Waals surface area (Å²) in [5.41, 5.74) is 3.98. The van der Waals surface area contributed by atoms with Crippen molar-refractivity contribution in [3.63, 3.8) is 0 Å². The summed E-state index contributed by atoms with van der Waals surface area (Å²) in [6.07, 6.45) is 3.90. The minimum absolute atomic E-state index is 0.177. The van der Waals surface area contributed by atoms with E-state index in [2.05, 4.69) is 69.7 Å². The van der Waals surface area contributed by atoms with Crippen molar-refractivity contribution in [2.45, 2.75) is 31.7 Å². The molecule has 142 valence electrons. The normalized spacial score (nSPS) is 20.7. The zero-order valence-corrected chi connectivity index (χ0v) is 15.9. The molecule has 1 N–H and O–H groups in total. The molecule has 0 aromatic heterocycles. The van der Waals surface area contributed by atoms with Crippen LogP contribution < -0.4 is 10.2 Å². The number of amides is 1. The molecule has 2 aliphatic rings. The van der Waals surface area contributed by atoms with Crippen LogP contribution in [0.1, 0.15) is 36.4 Å². The molecule has 0 radical (unpaired) electrons. The molecule has 2 saturated heterocycles. The Bertz CT molecular complexity index is 736. The van der Waals surface area contributed by atoms with E-state index in [1.165, 1.54) is 29.8 Å². The van der Waals surface area contributed by atoms with Crippen molar-refractivity contribution in [3.8, 4) is 0 Å². The fourth-order valence-electron chi connectivity index (χ4n) is 4.16. The third-order valence-corrected chi connectivity index (χ3v) is 5.81. The number of anilines is 1. The second-order valence-corrected chi connectivity index (χ2v) is 7.67. The Morgan fingerprint density at radius 1 is 0.926 bits per heavy atom. The summed E-state index contributed by atoms with van der Waals surface area (Å²) in [4.78, 5) is 16.4. The van der Waals surface area contributed by atoms with Gasteiger partial charge < -0.3 is 10.2 Å². The molecule has 2 aromatic rings. The number of hydrogen-bond acceptors (Lipinski definition) is 3. The maximum Gasteiger partial charge on any atom is 0.220 e. The van der Waals surface area contributed by atoms with E-state index >= 15 is 0 Å². The Morgan fingerprint density at radius 3 is 2.33 bits per heavy atom. The number of hydrogen-bond donors (Lipinski definition) is 1. The minimum atomic E-state index is 0.177. The molecule has 2 heterocycles. The van der Waals surface area contributed by atoms with Gasteiger partial charge >= 0.3 is 0 Å². The number of nitrogens with zero attached hydrogens (tertiary/aromatic N) is 2. The number of nitrogens with one attached hydrogen (secondary N) is 1. The summed E-state index contributed by atoms with van der Waals surface area (Å²) in [5, 5.41) is 3.04. The van der Waals surface area contributed by atoms with Gasteiger partial charge in [-0.25, -0.2) is 0 Å². The minimum Gasteiger partial charge on any atom is -0.369 e. The van der Waals surface area contributed by atoms with Crippen LogP contribution in [0.2, 0.25) is 0 Å². The topological polar surface area (TPSA) is 35.6 Å². The lowest BCUT2D eigenvalue weighted by Crippen LogP contribution is -2.46. The fourth-order valence-corrected chi connectivity index (χ4v) is 4.16. The van der Waals surface area contributed by atoms with Gasteiger partial charge in [0.15, 0.2) is 0 Å². The van der Waals surface area contributed by atoms with E-state index < -0.39 is 0 Å². The summed E-state index contributed by atoms with van der Waals surface area (Å²) in [5.74, 6) is 0.177. The smallest absolute Gasteiger partial charge is 0.220 e. The zero-order valence-electron chi connectivity index (χ0n) is 15.9. The third-order valence-electron chi connectivity index (χ3n) is 5.81. The van der Waals surface area contributed by atoms with Crippen LogP contribution in [0.5, 0.6) is 0 Å².